The second-order valence-electron chi connectivity index (χ2n) is 7.18. The van der Waals surface area contributed by atoms with Crippen LogP contribution in [0.5, 0.6) is 11.5 Å². The lowest BCUT2D eigenvalue weighted by Crippen LogP contribution is -2.26. The van der Waals surface area contributed by atoms with Crippen LogP contribution in [0.15, 0.2) is 72.8 Å². The third-order valence-corrected chi connectivity index (χ3v) is 4.84. The van der Waals surface area contributed by atoms with E-state index in [4.69, 9.17) is 9.47 Å². The van der Waals surface area contributed by atoms with Gasteiger partial charge in [-0.05, 0) is 54.4 Å². The van der Waals surface area contributed by atoms with Crippen molar-refractivity contribution in [1.82, 2.24) is 4.90 Å². The number of aryl methyl sites for hydroxylation is 1. The highest BCUT2D eigenvalue weighted by molar-refractivity contribution is 5.94. The Bertz CT molecular complexity index is 1050. The average Bonchev–Trinajstić information content (AvgIpc) is 2.79. The molecular formula is C25H26N2O4. The summed E-state index contributed by atoms with van der Waals surface area (Å²) >= 11 is 0. The van der Waals surface area contributed by atoms with Crippen LogP contribution >= 0.6 is 0 Å². The minimum atomic E-state index is -0.286. The number of ether oxygens (including phenoxy) is 2. The van der Waals surface area contributed by atoms with Crippen molar-refractivity contribution in [3.8, 4) is 11.5 Å². The van der Waals surface area contributed by atoms with Gasteiger partial charge < -0.3 is 19.7 Å². The van der Waals surface area contributed by atoms with Gasteiger partial charge in [-0.15, -0.1) is 0 Å². The van der Waals surface area contributed by atoms with E-state index < -0.39 is 0 Å². The van der Waals surface area contributed by atoms with E-state index in [1.54, 1.807) is 67.6 Å². The molecule has 0 aliphatic rings. The van der Waals surface area contributed by atoms with Crippen LogP contribution in [-0.2, 0) is 11.3 Å². The van der Waals surface area contributed by atoms with E-state index in [9.17, 15) is 9.59 Å². The molecule has 0 heterocycles. The van der Waals surface area contributed by atoms with E-state index in [1.807, 2.05) is 31.2 Å². The van der Waals surface area contributed by atoms with Crippen LogP contribution in [0, 0.1) is 6.92 Å². The van der Waals surface area contributed by atoms with E-state index >= 15 is 0 Å². The fourth-order valence-corrected chi connectivity index (χ4v) is 3.08. The largest absolute Gasteiger partial charge is 0.497 e. The van der Waals surface area contributed by atoms with Gasteiger partial charge in [-0.1, -0.05) is 30.3 Å². The quantitative estimate of drug-likeness (QED) is 0.593. The second kappa shape index (κ2) is 10.3. The molecule has 0 aliphatic carbocycles. The van der Waals surface area contributed by atoms with Crippen LogP contribution < -0.4 is 14.8 Å². The summed E-state index contributed by atoms with van der Waals surface area (Å²) in [6.45, 7) is 2.43. The van der Waals surface area contributed by atoms with Crippen LogP contribution in [0.3, 0.4) is 0 Å². The Morgan fingerprint density at radius 2 is 1.68 bits per heavy atom. The van der Waals surface area contributed by atoms with Crippen molar-refractivity contribution >= 4 is 17.5 Å². The normalized spacial score (nSPS) is 10.3. The van der Waals surface area contributed by atoms with Gasteiger partial charge in [0.25, 0.3) is 11.8 Å². The lowest BCUT2D eigenvalue weighted by molar-refractivity contribution is -0.118. The highest BCUT2D eigenvalue weighted by atomic mass is 16.5. The number of nitrogens with zero attached hydrogens (tertiary/aromatic N) is 1. The molecule has 0 aliphatic heterocycles. The van der Waals surface area contributed by atoms with E-state index in [2.05, 4.69) is 5.32 Å². The zero-order valence-corrected chi connectivity index (χ0v) is 17.9. The first kappa shape index (κ1) is 21.9. The van der Waals surface area contributed by atoms with Gasteiger partial charge in [0.15, 0.2) is 6.61 Å². The molecule has 0 bridgehead atoms. The standard InChI is InChI=1S/C25H26N2O4/c1-18-7-4-5-8-20(18)16-27(2)25(29)19-11-13-22(14-12-19)31-17-24(28)26-21-9-6-10-23(15-21)30-3/h4-15H,16-17H2,1-3H3,(H,26,28). The molecule has 31 heavy (non-hydrogen) atoms. The van der Waals surface area contributed by atoms with E-state index in [-0.39, 0.29) is 18.4 Å². The third-order valence-electron chi connectivity index (χ3n) is 4.84. The SMILES string of the molecule is COc1cccc(NC(=O)COc2ccc(C(=O)N(C)Cc3ccccc3C)cc2)c1. The van der Waals surface area contributed by atoms with Crippen LogP contribution in [0.4, 0.5) is 5.69 Å². The lowest BCUT2D eigenvalue weighted by atomic mass is 10.1. The second-order valence-corrected chi connectivity index (χ2v) is 7.18. The number of hydrogen-bond acceptors (Lipinski definition) is 4. The fourth-order valence-electron chi connectivity index (χ4n) is 3.08. The molecule has 0 radical (unpaired) electrons. The molecule has 1 N–H and O–H groups in total. The zero-order valence-electron chi connectivity index (χ0n) is 17.9. The lowest BCUT2D eigenvalue weighted by Gasteiger charge is -2.18. The van der Waals surface area contributed by atoms with Gasteiger partial charge in [0.1, 0.15) is 11.5 Å². The van der Waals surface area contributed by atoms with Crippen molar-refractivity contribution in [3.63, 3.8) is 0 Å². The molecule has 3 aromatic rings. The van der Waals surface area contributed by atoms with Gasteiger partial charge in [-0.2, -0.15) is 0 Å². The molecule has 0 spiro atoms. The minimum Gasteiger partial charge on any atom is -0.497 e. The summed E-state index contributed by atoms with van der Waals surface area (Å²) in [5.74, 6) is 0.808. The maximum atomic E-state index is 12.7. The number of methoxy groups -OCH3 is 1. The van der Waals surface area contributed by atoms with Gasteiger partial charge in [0.05, 0.1) is 7.11 Å². The molecule has 0 saturated heterocycles. The fraction of sp³-hybridized carbons (Fsp3) is 0.200. The highest BCUT2D eigenvalue weighted by Crippen LogP contribution is 2.18. The Balaban J connectivity index is 1.52. The maximum absolute atomic E-state index is 12.7. The Kier molecular flexibility index (Phi) is 7.27. The number of carbonyl (C=O) groups excluding carboxylic acids is 2. The van der Waals surface area contributed by atoms with E-state index in [0.717, 1.165) is 11.1 Å². The number of anilines is 1. The molecular weight excluding hydrogens is 392 g/mol. The first-order valence-corrected chi connectivity index (χ1v) is 9.93. The smallest absolute Gasteiger partial charge is 0.262 e. The molecule has 6 nitrogen and oxygen atoms in total. The Morgan fingerprint density at radius 3 is 2.39 bits per heavy atom. The van der Waals surface area contributed by atoms with Crippen molar-refractivity contribution < 1.29 is 19.1 Å². The molecule has 160 valence electrons. The summed E-state index contributed by atoms with van der Waals surface area (Å²) in [6, 6.07) is 21.9. The molecule has 0 unspecified atom stereocenters. The predicted molar refractivity (Wildman–Crippen MR) is 121 cm³/mol. The number of hydrogen-bond donors (Lipinski definition) is 1. The zero-order chi connectivity index (χ0) is 22.2. The Hall–Kier alpha value is -3.80. The monoisotopic (exact) mass is 418 g/mol. The van der Waals surface area contributed by atoms with Gasteiger partial charge in [-0.3, -0.25) is 9.59 Å². The number of amides is 2. The topological polar surface area (TPSA) is 67.9 Å². The molecule has 0 atom stereocenters. The Labute approximate surface area is 182 Å². The predicted octanol–water partition coefficient (Wildman–Crippen LogP) is 4.29. The number of benzene rings is 3. The molecule has 0 fully saturated rings. The molecule has 3 aromatic carbocycles. The minimum absolute atomic E-state index is 0.0782. The van der Waals surface area contributed by atoms with Gasteiger partial charge in [-0.25, -0.2) is 0 Å². The summed E-state index contributed by atoms with van der Waals surface area (Å²) in [7, 11) is 3.35. The van der Waals surface area contributed by atoms with Gasteiger partial charge in [0, 0.05) is 30.9 Å². The highest BCUT2D eigenvalue weighted by Gasteiger charge is 2.13. The van der Waals surface area contributed by atoms with Crippen molar-refractivity contribution in [2.45, 2.75) is 13.5 Å². The van der Waals surface area contributed by atoms with Crippen molar-refractivity contribution in [2.24, 2.45) is 0 Å². The van der Waals surface area contributed by atoms with Gasteiger partial charge >= 0.3 is 0 Å². The van der Waals surface area contributed by atoms with E-state index in [1.165, 1.54) is 0 Å². The number of carbonyl (C=O) groups is 2. The Morgan fingerprint density at radius 1 is 0.935 bits per heavy atom. The summed E-state index contributed by atoms with van der Waals surface area (Å²) in [5.41, 5.74) is 3.45. The number of rotatable bonds is 8. The summed E-state index contributed by atoms with van der Waals surface area (Å²) in [4.78, 5) is 26.5. The molecule has 0 saturated carbocycles. The molecule has 0 aromatic heterocycles. The third kappa shape index (κ3) is 6.09. The molecule has 3 rings (SSSR count). The van der Waals surface area contributed by atoms with E-state index in [0.29, 0.717) is 29.3 Å². The van der Waals surface area contributed by atoms with Gasteiger partial charge in [0.2, 0.25) is 0 Å². The summed E-state index contributed by atoms with van der Waals surface area (Å²) < 4.78 is 10.7. The van der Waals surface area contributed by atoms with Crippen LogP contribution in [0.25, 0.3) is 0 Å². The van der Waals surface area contributed by atoms with Crippen LogP contribution in [-0.4, -0.2) is 37.5 Å². The summed E-state index contributed by atoms with van der Waals surface area (Å²) in [5, 5.41) is 2.75. The van der Waals surface area contributed by atoms with Crippen molar-refractivity contribution in [2.75, 3.05) is 26.1 Å². The molecule has 6 heteroatoms. The number of nitrogens with one attached hydrogen (secondary N) is 1. The maximum Gasteiger partial charge on any atom is 0.262 e. The van der Waals surface area contributed by atoms with Crippen molar-refractivity contribution in [1.29, 1.82) is 0 Å². The average molecular weight is 418 g/mol. The first-order chi connectivity index (χ1) is 15.0. The molecule has 2 amide bonds. The van der Waals surface area contributed by atoms with Crippen LogP contribution in [0.1, 0.15) is 21.5 Å². The summed E-state index contributed by atoms with van der Waals surface area (Å²) in [6.07, 6.45) is 0. The van der Waals surface area contributed by atoms with Crippen molar-refractivity contribution in [3.05, 3.63) is 89.5 Å². The van der Waals surface area contributed by atoms with Crippen LogP contribution in [0.2, 0.25) is 0 Å². The first-order valence-electron chi connectivity index (χ1n) is 9.93.